The first-order valence-corrected chi connectivity index (χ1v) is 18.7. The molecule has 47 heavy (non-hydrogen) atoms. The number of benzene rings is 4. The number of carbonyl (C=O) groups is 2. The summed E-state index contributed by atoms with van der Waals surface area (Å²) in [5, 5.41) is 2.71. The third kappa shape index (κ3) is 7.46. The van der Waals surface area contributed by atoms with Crippen LogP contribution in [0.5, 0.6) is 17.2 Å². The average molecular weight is 653 g/mol. The lowest BCUT2D eigenvalue weighted by Gasteiger charge is -2.36. The largest absolute Gasteiger partial charge is 0.543 e. The number of hydrogen-bond acceptors (Lipinski definition) is 6. The van der Waals surface area contributed by atoms with E-state index in [1.165, 1.54) is 0 Å². The van der Waals surface area contributed by atoms with E-state index in [0.29, 0.717) is 17.2 Å². The maximum Gasteiger partial charge on any atom is 0.407 e. The van der Waals surface area contributed by atoms with Crippen molar-refractivity contribution < 1.29 is 28.2 Å². The molecule has 0 aliphatic heterocycles. The van der Waals surface area contributed by atoms with Crippen LogP contribution in [0.15, 0.2) is 91.0 Å². The molecule has 0 aromatic heterocycles. The Kier molecular flexibility index (Phi) is 9.96. The van der Waals surface area contributed by atoms with Crippen LogP contribution in [0.1, 0.15) is 43.4 Å². The van der Waals surface area contributed by atoms with Crippen molar-refractivity contribution >= 4 is 26.0 Å². The van der Waals surface area contributed by atoms with Crippen molar-refractivity contribution in [2.24, 2.45) is 0 Å². The van der Waals surface area contributed by atoms with Gasteiger partial charge in [-0.15, -0.1) is 0 Å². The zero-order chi connectivity index (χ0) is 33.8. The highest BCUT2D eigenvalue weighted by Gasteiger charge is 2.39. The first-order chi connectivity index (χ1) is 22.4. The molecule has 5 rings (SSSR count). The Morgan fingerprint density at radius 2 is 1.40 bits per heavy atom. The van der Waals surface area contributed by atoms with Crippen molar-refractivity contribution in [1.82, 2.24) is 5.32 Å². The lowest BCUT2D eigenvalue weighted by Crippen LogP contribution is -2.43. The molecule has 1 aliphatic rings. The van der Waals surface area contributed by atoms with E-state index in [4.69, 9.17) is 18.6 Å². The molecule has 0 saturated carbocycles. The van der Waals surface area contributed by atoms with Crippen LogP contribution in [-0.4, -0.2) is 47.7 Å². The van der Waals surface area contributed by atoms with Gasteiger partial charge in [0.2, 0.25) is 14.2 Å². The van der Waals surface area contributed by atoms with E-state index in [1.54, 1.807) is 31.3 Å². The first kappa shape index (κ1) is 33.6. The summed E-state index contributed by atoms with van der Waals surface area (Å²) >= 11 is 0. The molecule has 1 N–H and O–H groups in total. The van der Waals surface area contributed by atoms with Gasteiger partial charge in [0.1, 0.15) is 30.4 Å². The van der Waals surface area contributed by atoms with Crippen LogP contribution in [0.3, 0.4) is 0 Å². The van der Waals surface area contributed by atoms with E-state index >= 15 is 0 Å². The number of hydrogen-bond donors (Lipinski definition) is 1. The third-order valence-electron chi connectivity index (χ3n) is 9.18. The van der Waals surface area contributed by atoms with Crippen molar-refractivity contribution in [2.45, 2.75) is 51.4 Å². The average Bonchev–Trinajstić information content (AvgIpc) is 3.38. The second kappa shape index (κ2) is 13.9. The summed E-state index contributed by atoms with van der Waals surface area (Å²) in [7, 11) is 1.13. The number of anilines is 1. The Balaban J connectivity index is 1.29. The summed E-state index contributed by atoms with van der Waals surface area (Å²) in [6.07, 6.45) is -0.653. The Bertz CT molecular complexity index is 1690. The third-order valence-corrected chi connectivity index (χ3v) is 13.5. The van der Waals surface area contributed by atoms with Gasteiger partial charge >= 0.3 is 6.09 Å². The number of nitrogens with zero attached hydrogens (tertiary/aromatic N) is 1. The second-order valence-corrected chi connectivity index (χ2v) is 17.9. The Morgan fingerprint density at radius 1 is 0.809 bits per heavy atom. The van der Waals surface area contributed by atoms with Crippen LogP contribution in [-0.2, 0) is 16.1 Å². The molecular weight excluding hydrogens is 609 g/mol. The van der Waals surface area contributed by atoms with Gasteiger partial charge < -0.3 is 28.9 Å². The highest BCUT2D eigenvalue weighted by atomic mass is 28.4. The van der Waals surface area contributed by atoms with E-state index in [-0.39, 0.29) is 36.6 Å². The number of fused-ring (bicyclic) bond motifs is 3. The predicted octanol–water partition coefficient (Wildman–Crippen LogP) is 8.16. The maximum absolute atomic E-state index is 13.7. The fourth-order valence-corrected chi connectivity index (χ4v) is 6.54. The molecule has 0 atom stereocenters. The SMILES string of the molecule is COc1ccc(N(Cc2ccc(O[Si](C)(C)C(C)(C)C)cc2OC)C(=O)CNC(=O)OCC2c3ccccc3-c3ccccc32)cc1. The summed E-state index contributed by atoms with van der Waals surface area (Å²) < 4.78 is 23.2. The molecule has 0 spiro atoms. The van der Waals surface area contributed by atoms with Gasteiger partial charge in [-0.05, 0) is 76.8 Å². The molecule has 0 saturated heterocycles. The van der Waals surface area contributed by atoms with E-state index in [9.17, 15) is 9.59 Å². The van der Waals surface area contributed by atoms with E-state index < -0.39 is 14.4 Å². The topological polar surface area (TPSA) is 86.3 Å². The predicted molar refractivity (Wildman–Crippen MR) is 188 cm³/mol. The molecule has 9 heteroatoms. The van der Waals surface area contributed by atoms with Gasteiger partial charge in [-0.1, -0.05) is 69.3 Å². The molecule has 2 amide bonds. The standard InChI is InChI=1S/C38H44N2O6Si/c1-38(2,3)47(6,7)46-29-19-16-26(35(22-29)44-5)24-40(27-17-20-28(43-4)21-18-27)36(41)23-39-37(42)45-25-34-32-14-10-8-12-30(32)31-13-9-11-15-33(31)34/h8-22,34H,23-25H2,1-7H3,(H,39,42). The van der Waals surface area contributed by atoms with Gasteiger partial charge in [-0.2, -0.15) is 0 Å². The number of carbonyl (C=O) groups excluding carboxylic acids is 2. The van der Waals surface area contributed by atoms with Crippen LogP contribution in [0.4, 0.5) is 10.5 Å². The fraction of sp³-hybridized carbons (Fsp3) is 0.316. The summed E-state index contributed by atoms with van der Waals surface area (Å²) in [5.41, 5.74) is 5.99. The maximum atomic E-state index is 13.7. The summed E-state index contributed by atoms with van der Waals surface area (Å²) in [6.45, 7) is 11.1. The van der Waals surface area contributed by atoms with Crippen molar-refractivity contribution in [3.8, 4) is 28.4 Å². The fourth-order valence-electron chi connectivity index (χ4n) is 5.52. The molecule has 0 bridgehead atoms. The summed E-state index contributed by atoms with van der Waals surface area (Å²) in [6, 6.07) is 29.3. The number of alkyl carbamates (subject to hydrolysis) is 1. The molecular formula is C38H44N2O6Si. The monoisotopic (exact) mass is 652 g/mol. The lowest BCUT2D eigenvalue weighted by atomic mass is 9.98. The van der Waals surface area contributed by atoms with Gasteiger partial charge in [-0.25, -0.2) is 4.79 Å². The second-order valence-electron chi connectivity index (χ2n) is 13.2. The van der Waals surface area contributed by atoms with Crippen LogP contribution < -0.4 is 24.1 Å². The number of ether oxygens (including phenoxy) is 3. The van der Waals surface area contributed by atoms with Gasteiger partial charge in [0, 0.05) is 23.2 Å². The molecule has 4 aromatic rings. The molecule has 0 fully saturated rings. The van der Waals surface area contributed by atoms with Crippen LogP contribution in [0.25, 0.3) is 11.1 Å². The molecule has 0 radical (unpaired) electrons. The van der Waals surface area contributed by atoms with Gasteiger partial charge in [0.05, 0.1) is 20.8 Å². The van der Waals surface area contributed by atoms with E-state index in [2.05, 4.69) is 63.4 Å². The molecule has 8 nitrogen and oxygen atoms in total. The molecule has 0 unspecified atom stereocenters. The van der Waals surface area contributed by atoms with Crippen molar-refractivity contribution in [3.05, 3.63) is 108 Å². The molecule has 246 valence electrons. The Morgan fingerprint density at radius 3 is 1.98 bits per heavy atom. The van der Waals surface area contributed by atoms with Gasteiger partial charge in [0.25, 0.3) is 0 Å². The number of rotatable bonds is 11. The number of methoxy groups -OCH3 is 2. The zero-order valence-corrected chi connectivity index (χ0v) is 29.3. The lowest BCUT2D eigenvalue weighted by molar-refractivity contribution is -0.117. The van der Waals surface area contributed by atoms with Crippen molar-refractivity contribution in [2.75, 3.05) is 32.3 Å². The van der Waals surface area contributed by atoms with Crippen LogP contribution in [0, 0.1) is 0 Å². The van der Waals surface area contributed by atoms with E-state index in [0.717, 1.165) is 33.6 Å². The minimum atomic E-state index is -2.07. The van der Waals surface area contributed by atoms with Gasteiger partial charge in [-0.3, -0.25) is 4.79 Å². The molecule has 4 aromatic carbocycles. The first-order valence-electron chi connectivity index (χ1n) is 15.8. The van der Waals surface area contributed by atoms with Crippen molar-refractivity contribution in [3.63, 3.8) is 0 Å². The van der Waals surface area contributed by atoms with Crippen molar-refractivity contribution in [1.29, 1.82) is 0 Å². The normalized spacial score (nSPS) is 12.5. The van der Waals surface area contributed by atoms with Crippen LogP contribution >= 0.6 is 0 Å². The highest BCUT2D eigenvalue weighted by molar-refractivity contribution is 6.74. The molecule has 0 heterocycles. The summed E-state index contributed by atoms with van der Waals surface area (Å²) in [5.74, 6) is 1.62. The minimum absolute atomic E-state index is 0.0384. The molecule has 1 aliphatic carbocycles. The smallest absolute Gasteiger partial charge is 0.407 e. The van der Waals surface area contributed by atoms with Gasteiger partial charge in [0.15, 0.2) is 0 Å². The quantitative estimate of drug-likeness (QED) is 0.165. The van der Waals surface area contributed by atoms with Crippen LogP contribution in [0.2, 0.25) is 18.1 Å². The minimum Gasteiger partial charge on any atom is -0.543 e. The Labute approximate surface area is 278 Å². The number of nitrogens with one attached hydrogen (secondary N) is 1. The Hall–Kier alpha value is -4.76. The number of amides is 2. The van der Waals surface area contributed by atoms with E-state index in [1.807, 2.05) is 54.6 Å². The zero-order valence-electron chi connectivity index (χ0n) is 28.3. The summed E-state index contributed by atoms with van der Waals surface area (Å²) in [4.78, 5) is 28.2. The highest BCUT2D eigenvalue weighted by Crippen LogP contribution is 2.44.